The lowest BCUT2D eigenvalue weighted by Crippen LogP contribution is -2.44. The van der Waals surface area contributed by atoms with Gasteiger partial charge in [0.1, 0.15) is 11.6 Å². The predicted octanol–water partition coefficient (Wildman–Crippen LogP) is 3.14. The molecule has 0 aliphatic carbocycles. The zero-order valence-electron chi connectivity index (χ0n) is 17.0. The summed E-state index contributed by atoms with van der Waals surface area (Å²) in [6.45, 7) is 3.43. The first kappa shape index (κ1) is 19.6. The molecule has 0 atom stereocenters. The summed E-state index contributed by atoms with van der Waals surface area (Å²) in [5, 5.41) is 9.42. The highest BCUT2D eigenvalue weighted by atomic mass is 35.5. The number of nitrogen functional groups attached to an aromatic ring is 1. The Labute approximate surface area is 184 Å². The van der Waals surface area contributed by atoms with Gasteiger partial charge in [-0.05, 0) is 36.4 Å². The van der Waals surface area contributed by atoms with Crippen molar-refractivity contribution in [2.45, 2.75) is 0 Å². The number of anilines is 2. The Balaban J connectivity index is 1.72. The van der Waals surface area contributed by atoms with Gasteiger partial charge in [0.05, 0.1) is 23.9 Å². The molecule has 1 aliphatic rings. The molecule has 2 aromatic heterocycles. The molecule has 4 aromatic rings. The van der Waals surface area contributed by atoms with Gasteiger partial charge < -0.3 is 20.7 Å². The molecule has 0 amide bonds. The summed E-state index contributed by atoms with van der Waals surface area (Å²) in [7, 11) is 1.63. The maximum atomic E-state index is 6.58. The second kappa shape index (κ2) is 8.05. The Morgan fingerprint density at radius 2 is 1.84 bits per heavy atom. The Bertz CT molecular complexity index is 1230. The van der Waals surface area contributed by atoms with Crippen LogP contribution in [0.15, 0.2) is 48.5 Å². The summed E-state index contributed by atoms with van der Waals surface area (Å²) in [5.74, 6) is 1.88. The summed E-state index contributed by atoms with van der Waals surface area (Å²) in [5.41, 5.74) is 9.54. The van der Waals surface area contributed by atoms with E-state index in [9.17, 15) is 0 Å². The molecule has 31 heavy (non-hydrogen) atoms. The highest BCUT2D eigenvalue weighted by Crippen LogP contribution is 2.34. The smallest absolute Gasteiger partial charge is 0.228 e. The molecule has 9 heteroatoms. The summed E-state index contributed by atoms with van der Waals surface area (Å²) in [6, 6.07) is 15.2. The topological polar surface area (TPSA) is 94.1 Å². The fourth-order valence-corrected chi connectivity index (χ4v) is 3.96. The molecule has 3 N–H and O–H groups in total. The third-order valence-electron chi connectivity index (χ3n) is 5.37. The van der Waals surface area contributed by atoms with Gasteiger partial charge in [-0.2, -0.15) is 4.98 Å². The third-order valence-corrected chi connectivity index (χ3v) is 5.61. The van der Waals surface area contributed by atoms with E-state index in [1.165, 1.54) is 0 Å². The van der Waals surface area contributed by atoms with Crippen molar-refractivity contribution in [2.24, 2.45) is 0 Å². The first-order chi connectivity index (χ1) is 15.1. The summed E-state index contributed by atoms with van der Waals surface area (Å²) in [4.78, 5) is 11.8. The number of hydrogen-bond donors (Lipinski definition) is 2. The molecule has 2 aromatic carbocycles. The van der Waals surface area contributed by atoms with Crippen LogP contribution in [0.25, 0.3) is 28.0 Å². The molecule has 8 nitrogen and oxygen atoms in total. The number of ether oxygens (including phenoxy) is 1. The minimum Gasteiger partial charge on any atom is -0.497 e. The van der Waals surface area contributed by atoms with Crippen LogP contribution >= 0.6 is 11.6 Å². The number of benzene rings is 2. The fraction of sp³-hybridized carbons (Fsp3) is 0.227. The van der Waals surface area contributed by atoms with Crippen molar-refractivity contribution in [2.75, 3.05) is 43.9 Å². The number of hydrogen-bond acceptors (Lipinski definition) is 7. The molecule has 1 aliphatic heterocycles. The third kappa shape index (κ3) is 3.64. The van der Waals surface area contributed by atoms with Crippen molar-refractivity contribution in [3.8, 4) is 22.7 Å². The molecular formula is C22H22ClN7O. The van der Waals surface area contributed by atoms with E-state index in [0.29, 0.717) is 27.8 Å². The van der Waals surface area contributed by atoms with E-state index in [4.69, 9.17) is 37.1 Å². The number of rotatable bonds is 4. The average Bonchev–Trinajstić information content (AvgIpc) is 3.15. The lowest BCUT2D eigenvalue weighted by molar-refractivity contribution is 0.414. The first-order valence-electron chi connectivity index (χ1n) is 10.1. The second-order valence-electron chi connectivity index (χ2n) is 7.31. The van der Waals surface area contributed by atoms with Gasteiger partial charge in [0.25, 0.3) is 0 Å². The van der Waals surface area contributed by atoms with Crippen LogP contribution in [0.2, 0.25) is 5.02 Å². The van der Waals surface area contributed by atoms with Crippen LogP contribution in [0, 0.1) is 0 Å². The Hall–Kier alpha value is -3.36. The van der Waals surface area contributed by atoms with Gasteiger partial charge in [-0.15, -0.1) is 5.10 Å². The molecule has 3 heterocycles. The predicted molar refractivity (Wildman–Crippen MR) is 123 cm³/mol. The number of aromatic nitrogens is 4. The minimum atomic E-state index is 0.474. The van der Waals surface area contributed by atoms with Crippen LogP contribution in [0.4, 0.5) is 11.8 Å². The van der Waals surface area contributed by atoms with Crippen molar-refractivity contribution in [1.29, 1.82) is 0 Å². The molecule has 0 spiro atoms. The van der Waals surface area contributed by atoms with Crippen LogP contribution in [0.3, 0.4) is 0 Å². The quantitative estimate of drug-likeness (QED) is 0.508. The molecule has 0 radical (unpaired) electrons. The van der Waals surface area contributed by atoms with E-state index in [0.717, 1.165) is 48.9 Å². The van der Waals surface area contributed by atoms with Gasteiger partial charge in [-0.3, -0.25) is 0 Å². The van der Waals surface area contributed by atoms with E-state index in [1.54, 1.807) is 11.8 Å². The van der Waals surface area contributed by atoms with Crippen molar-refractivity contribution >= 4 is 34.4 Å². The van der Waals surface area contributed by atoms with Gasteiger partial charge in [0.2, 0.25) is 5.95 Å². The first-order valence-corrected chi connectivity index (χ1v) is 10.4. The minimum absolute atomic E-state index is 0.474. The number of halogens is 1. The zero-order valence-corrected chi connectivity index (χ0v) is 17.8. The van der Waals surface area contributed by atoms with Crippen LogP contribution in [-0.2, 0) is 0 Å². The zero-order chi connectivity index (χ0) is 21.4. The van der Waals surface area contributed by atoms with Crippen molar-refractivity contribution in [3.05, 3.63) is 53.6 Å². The van der Waals surface area contributed by atoms with Gasteiger partial charge >= 0.3 is 0 Å². The van der Waals surface area contributed by atoms with Gasteiger partial charge in [0.15, 0.2) is 5.65 Å². The van der Waals surface area contributed by atoms with Gasteiger partial charge in [0, 0.05) is 36.8 Å². The van der Waals surface area contributed by atoms with Crippen LogP contribution in [-0.4, -0.2) is 53.0 Å². The summed E-state index contributed by atoms with van der Waals surface area (Å²) < 4.78 is 6.95. The van der Waals surface area contributed by atoms with E-state index in [2.05, 4.69) is 10.2 Å². The number of piperazine rings is 1. The van der Waals surface area contributed by atoms with Crippen molar-refractivity contribution < 1.29 is 4.74 Å². The lowest BCUT2D eigenvalue weighted by Gasteiger charge is -2.27. The number of nitrogens with two attached hydrogens (primary N) is 1. The van der Waals surface area contributed by atoms with E-state index in [-0.39, 0.29) is 0 Å². The summed E-state index contributed by atoms with van der Waals surface area (Å²) in [6.07, 6.45) is 0. The molecule has 0 bridgehead atoms. The highest BCUT2D eigenvalue weighted by molar-refractivity contribution is 6.30. The van der Waals surface area contributed by atoms with Crippen LogP contribution in [0.1, 0.15) is 0 Å². The summed E-state index contributed by atoms with van der Waals surface area (Å²) >= 11 is 6.28. The normalized spacial score (nSPS) is 14.2. The largest absolute Gasteiger partial charge is 0.497 e. The van der Waals surface area contributed by atoms with Gasteiger partial charge in [-0.25, -0.2) is 9.67 Å². The molecule has 1 fully saturated rings. The molecule has 0 unspecified atom stereocenters. The SMILES string of the molecule is COc1ccc(-n2nc3nc(N4CCNCC4)nc(-c4cccc(Cl)c4)c3c2N)cc1. The van der Waals surface area contributed by atoms with Gasteiger partial charge in [-0.1, -0.05) is 23.7 Å². The Kier molecular flexibility index (Phi) is 5.09. The lowest BCUT2D eigenvalue weighted by atomic mass is 10.1. The van der Waals surface area contributed by atoms with Crippen LogP contribution in [0.5, 0.6) is 5.75 Å². The van der Waals surface area contributed by atoms with E-state index >= 15 is 0 Å². The van der Waals surface area contributed by atoms with E-state index < -0.39 is 0 Å². The second-order valence-corrected chi connectivity index (χ2v) is 7.75. The Morgan fingerprint density at radius 3 is 2.55 bits per heavy atom. The number of nitrogens with zero attached hydrogens (tertiary/aromatic N) is 5. The molecule has 1 saturated heterocycles. The van der Waals surface area contributed by atoms with E-state index in [1.807, 2.05) is 48.5 Å². The molecule has 5 rings (SSSR count). The van der Waals surface area contributed by atoms with Crippen LogP contribution < -0.4 is 20.7 Å². The van der Waals surface area contributed by atoms with Crippen molar-refractivity contribution in [1.82, 2.24) is 25.1 Å². The molecule has 0 saturated carbocycles. The number of fused-ring (bicyclic) bond motifs is 1. The maximum Gasteiger partial charge on any atom is 0.228 e. The van der Waals surface area contributed by atoms with Crippen molar-refractivity contribution in [3.63, 3.8) is 0 Å². The highest BCUT2D eigenvalue weighted by Gasteiger charge is 2.22. The number of methoxy groups -OCH3 is 1. The fourth-order valence-electron chi connectivity index (χ4n) is 3.77. The standard InChI is InChI=1S/C22H22ClN7O/c1-31-17-7-5-16(6-8-17)30-20(24)18-19(14-3-2-4-15(23)13-14)26-22(27-21(18)28-30)29-11-9-25-10-12-29/h2-8,13,25H,9-12,24H2,1H3. The Morgan fingerprint density at radius 1 is 1.06 bits per heavy atom. The monoisotopic (exact) mass is 435 g/mol. The molecule has 158 valence electrons. The maximum absolute atomic E-state index is 6.58. The average molecular weight is 436 g/mol. The number of nitrogens with one attached hydrogen (secondary N) is 1. The molecular weight excluding hydrogens is 414 g/mol.